The van der Waals surface area contributed by atoms with Crippen LogP contribution in [0, 0.1) is 0 Å². The van der Waals surface area contributed by atoms with Crippen LogP contribution in [0.2, 0.25) is 0 Å². The van der Waals surface area contributed by atoms with E-state index in [0.29, 0.717) is 6.61 Å². The number of halogens is 2. The lowest BCUT2D eigenvalue weighted by Gasteiger charge is -2.13. The topological polar surface area (TPSA) is 35.5 Å². The van der Waals surface area contributed by atoms with Crippen molar-refractivity contribution in [2.75, 3.05) is 6.61 Å². The maximum atomic E-state index is 12.0. The average Bonchev–Trinajstić information content (AvgIpc) is 3.19. The zero-order chi connectivity index (χ0) is 13.9. The first-order chi connectivity index (χ1) is 9.08. The van der Waals surface area contributed by atoms with Crippen LogP contribution in [-0.2, 0) is 14.9 Å². The van der Waals surface area contributed by atoms with Crippen LogP contribution in [0.25, 0.3) is 0 Å². The van der Waals surface area contributed by atoms with Gasteiger partial charge in [0.05, 0.1) is 12.0 Å². The van der Waals surface area contributed by atoms with Crippen LogP contribution in [0.15, 0.2) is 35.0 Å². The molecule has 0 unspecified atom stereocenters. The quantitative estimate of drug-likeness (QED) is 0.610. The van der Waals surface area contributed by atoms with Gasteiger partial charge >= 0.3 is 5.97 Å². The van der Waals surface area contributed by atoms with Gasteiger partial charge in [-0.2, -0.15) is 0 Å². The number of hydrogen-bond acceptors (Lipinski definition) is 3. The Bertz CT molecular complexity index is 486. The van der Waals surface area contributed by atoms with Gasteiger partial charge in [0.25, 0.3) is 0 Å². The highest BCUT2D eigenvalue weighted by Crippen LogP contribution is 2.49. The van der Waals surface area contributed by atoms with E-state index in [-0.39, 0.29) is 10.5 Å². The van der Waals surface area contributed by atoms with Crippen LogP contribution in [0.3, 0.4) is 0 Å². The maximum absolute atomic E-state index is 12.0. The van der Waals surface area contributed by atoms with E-state index in [0.717, 1.165) is 30.4 Å². The standard InChI is InChI=1S/C14H14Cl2O3/c1-2-18-11-5-3-10(4-6-11)14(7-8-14)13(17)19-9-12(15)16/h3-6,9H,2,7-8H2,1H3. The third-order valence-corrected chi connectivity index (χ3v) is 3.29. The van der Waals surface area contributed by atoms with Gasteiger partial charge in [-0.05, 0) is 37.5 Å². The van der Waals surface area contributed by atoms with Gasteiger partial charge in [0.2, 0.25) is 0 Å². The van der Waals surface area contributed by atoms with E-state index < -0.39 is 5.41 Å². The maximum Gasteiger partial charge on any atom is 0.321 e. The fourth-order valence-electron chi connectivity index (χ4n) is 1.98. The third-order valence-electron chi connectivity index (χ3n) is 3.11. The fourth-order valence-corrected chi connectivity index (χ4v) is 2.07. The van der Waals surface area contributed by atoms with Gasteiger partial charge in [0.1, 0.15) is 16.5 Å². The Labute approximate surface area is 122 Å². The van der Waals surface area contributed by atoms with Crippen molar-refractivity contribution < 1.29 is 14.3 Å². The molecule has 0 amide bonds. The summed E-state index contributed by atoms with van der Waals surface area (Å²) < 4.78 is 10.3. The SMILES string of the molecule is CCOc1ccc(C2(C(=O)OC=C(Cl)Cl)CC2)cc1. The lowest BCUT2D eigenvalue weighted by atomic mass is 9.96. The number of rotatable bonds is 5. The van der Waals surface area contributed by atoms with Crippen molar-refractivity contribution in [1.82, 2.24) is 0 Å². The summed E-state index contributed by atoms with van der Waals surface area (Å²) in [6, 6.07) is 7.50. The highest BCUT2D eigenvalue weighted by molar-refractivity contribution is 6.55. The Kier molecular flexibility index (Phi) is 4.38. The Hall–Kier alpha value is -1.19. The van der Waals surface area contributed by atoms with Crippen LogP contribution in [0.1, 0.15) is 25.3 Å². The Morgan fingerprint density at radius 2 is 1.95 bits per heavy atom. The van der Waals surface area contributed by atoms with E-state index in [1.54, 1.807) is 0 Å². The molecule has 0 spiro atoms. The van der Waals surface area contributed by atoms with E-state index in [1.165, 1.54) is 0 Å². The molecule has 1 aromatic carbocycles. The summed E-state index contributed by atoms with van der Waals surface area (Å²) >= 11 is 10.9. The minimum absolute atomic E-state index is 0.0733. The second-order valence-corrected chi connectivity index (χ2v) is 5.36. The van der Waals surface area contributed by atoms with Crippen LogP contribution in [0.5, 0.6) is 5.75 Å². The first-order valence-electron chi connectivity index (χ1n) is 6.04. The summed E-state index contributed by atoms with van der Waals surface area (Å²) in [6.45, 7) is 2.54. The molecule has 0 aromatic heterocycles. The molecule has 0 aliphatic heterocycles. The summed E-state index contributed by atoms with van der Waals surface area (Å²) in [5, 5.41) is 0. The number of carbonyl (C=O) groups is 1. The summed E-state index contributed by atoms with van der Waals surface area (Å²) in [6.07, 6.45) is 2.60. The minimum atomic E-state index is -0.551. The predicted octanol–water partition coefficient (Wildman–Crippen LogP) is 3.94. The molecule has 0 heterocycles. The van der Waals surface area contributed by atoms with Crippen molar-refractivity contribution in [3.63, 3.8) is 0 Å². The normalized spacial score (nSPS) is 15.5. The molecule has 1 saturated carbocycles. The van der Waals surface area contributed by atoms with E-state index >= 15 is 0 Å². The second kappa shape index (κ2) is 5.85. The van der Waals surface area contributed by atoms with Crippen LogP contribution in [-0.4, -0.2) is 12.6 Å². The Morgan fingerprint density at radius 1 is 1.32 bits per heavy atom. The molecule has 102 valence electrons. The molecule has 0 saturated heterocycles. The van der Waals surface area contributed by atoms with E-state index in [1.807, 2.05) is 31.2 Å². The highest BCUT2D eigenvalue weighted by atomic mass is 35.5. The van der Waals surface area contributed by atoms with Gasteiger partial charge in [-0.3, -0.25) is 4.79 Å². The smallest absolute Gasteiger partial charge is 0.321 e. The van der Waals surface area contributed by atoms with E-state index in [9.17, 15) is 4.79 Å². The molecule has 0 N–H and O–H groups in total. The minimum Gasteiger partial charge on any atom is -0.494 e. The van der Waals surface area contributed by atoms with Gasteiger partial charge in [-0.25, -0.2) is 0 Å². The summed E-state index contributed by atoms with van der Waals surface area (Å²) in [4.78, 5) is 12.0. The molecule has 1 aromatic rings. The van der Waals surface area contributed by atoms with Gasteiger partial charge in [-0.1, -0.05) is 35.3 Å². The highest BCUT2D eigenvalue weighted by Gasteiger charge is 2.52. The van der Waals surface area contributed by atoms with Gasteiger partial charge in [0.15, 0.2) is 0 Å². The number of ether oxygens (including phenoxy) is 2. The number of esters is 1. The molecular formula is C14H14Cl2O3. The number of benzene rings is 1. The lowest BCUT2D eigenvalue weighted by Crippen LogP contribution is -2.21. The van der Waals surface area contributed by atoms with Gasteiger partial charge < -0.3 is 9.47 Å². The lowest BCUT2D eigenvalue weighted by molar-refractivity contribution is -0.141. The van der Waals surface area contributed by atoms with Crippen molar-refractivity contribution >= 4 is 29.2 Å². The van der Waals surface area contributed by atoms with Crippen molar-refractivity contribution in [2.24, 2.45) is 0 Å². The van der Waals surface area contributed by atoms with Crippen molar-refractivity contribution in [2.45, 2.75) is 25.2 Å². The number of hydrogen-bond donors (Lipinski definition) is 0. The zero-order valence-corrected chi connectivity index (χ0v) is 12.0. The van der Waals surface area contributed by atoms with Crippen molar-refractivity contribution in [3.8, 4) is 5.75 Å². The summed E-state index contributed by atoms with van der Waals surface area (Å²) in [5.74, 6) is 0.467. The van der Waals surface area contributed by atoms with Gasteiger partial charge in [0, 0.05) is 0 Å². The largest absolute Gasteiger partial charge is 0.494 e. The molecule has 1 aliphatic rings. The molecule has 0 atom stereocenters. The van der Waals surface area contributed by atoms with E-state index in [2.05, 4.69) is 0 Å². The van der Waals surface area contributed by atoms with Crippen molar-refractivity contribution in [1.29, 1.82) is 0 Å². The Balaban J connectivity index is 2.11. The molecule has 1 aliphatic carbocycles. The monoisotopic (exact) mass is 300 g/mol. The third kappa shape index (κ3) is 3.23. The predicted molar refractivity (Wildman–Crippen MR) is 74.4 cm³/mol. The van der Waals surface area contributed by atoms with Gasteiger partial charge in [-0.15, -0.1) is 0 Å². The summed E-state index contributed by atoms with van der Waals surface area (Å²) in [7, 11) is 0. The fraction of sp³-hybridized carbons (Fsp3) is 0.357. The second-order valence-electron chi connectivity index (χ2n) is 4.35. The molecule has 0 radical (unpaired) electrons. The van der Waals surface area contributed by atoms with E-state index in [4.69, 9.17) is 32.7 Å². The first kappa shape index (κ1) is 14.2. The molecular weight excluding hydrogens is 287 g/mol. The average molecular weight is 301 g/mol. The van der Waals surface area contributed by atoms with Crippen LogP contribution >= 0.6 is 23.2 Å². The Morgan fingerprint density at radius 3 is 2.42 bits per heavy atom. The van der Waals surface area contributed by atoms with Crippen LogP contribution < -0.4 is 4.74 Å². The molecule has 19 heavy (non-hydrogen) atoms. The molecule has 0 bridgehead atoms. The van der Waals surface area contributed by atoms with Crippen LogP contribution in [0.4, 0.5) is 0 Å². The molecule has 2 rings (SSSR count). The molecule has 1 fully saturated rings. The zero-order valence-electron chi connectivity index (χ0n) is 10.5. The molecule has 3 nitrogen and oxygen atoms in total. The molecule has 5 heteroatoms. The number of carbonyl (C=O) groups excluding carboxylic acids is 1. The first-order valence-corrected chi connectivity index (χ1v) is 6.79. The summed E-state index contributed by atoms with van der Waals surface area (Å²) in [5.41, 5.74) is 0.379. The van der Waals surface area contributed by atoms with Crippen molar-refractivity contribution in [3.05, 3.63) is 40.6 Å².